The molecule has 154 valence electrons. The minimum absolute atomic E-state index is 0.260. The maximum Gasteiger partial charge on any atom is 0.243 e. The van der Waals surface area contributed by atoms with Crippen LogP contribution in [0.4, 0.5) is 0 Å². The quantitative estimate of drug-likeness (QED) is 0.576. The van der Waals surface area contributed by atoms with Crippen LogP contribution in [0.25, 0.3) is 0 Å². The van der Waals surface area contributed by atoms with E-state index in [9.17, 15) is 8.42 Å². The van der Waals surface area contributed by atoms with Gasteiger partial charge in [0.15, 0.2) is 5.96 Å². The third kappa shape index (κ3) is 4.04. The zero-order valence-corrected chi connectivity index (χ0v) is 17.2. The molecule has 8 heteroatoms. The van der Waals surface area contributed by atoms with Crippen molar-refractivity contribution in [3.05, 3.63) is 29.8 Å². The predicted octanol–water partition coefficient (Wildman–Crippen LogP) is 1.85. The number of hydrogen-bond acceptors (Lipinski definition) is 4. The van der Waals surface area contributed by atoms with E-state index in [0.29, 0.717) is 36.6 Å². The first-order valence-corrected chi connectivity index (χ1v) is 11.7. The highest BCUT2D eigenvalue weighted by Gasteiger charge is 2.41. The molecule has 7 nitrogen and oxygen atoms in total. The van der Waals surface area contributed by atoms with Crippen LogP contribution in [0.1, 0.15) is 44.1 Å². The lowest BCUT2D eigenvalue weighted by Crippen LogP contribution is -2.47. The topological polar surface area (TPSA) is 83.0 Å². The number of benzene rings is 1. The van der Waals surface area contributed by atoms with Crippen molar-refractivity contribution in [2.75, 3.05) is 20.1 Å². The molecule has 0 spiro atoms. The summed E-state index contributed by atoms with van der Waals surface area (Å²) >= 11 is 0. The zero-order valence-electron chi connectivity index (χ0n) is 16.4. The van der Waals surface area contributed by atoms with Crippen molar-refractivity contribution in [1.82, 2.24) is 14.9 Å². The van der Waals surface area contributed by atoms with E-state index in [1.165, 1.54) is 0 Å². The second-order valence-electron chi connectivity index (χ2n) is 7.86. The van der Waals surface area contributed by atoms with E-state index >= 15 is 0 Å². The Morgan fingerprint density at radius 3 is 2.68 bits per heavy atom. The van der Waals surface area contributed by atoms with Crippen molar-refractivity contribution < 1.29 is 13.2 Å². The van der Waals surface area contributed by atoms with E-state index < -0.39 is 10.0 Å². The molecule has 3 heterocycles. The number of nitrogens with zero attached hydrogens (tertiary/aromatic N) is 2. The van der Waals surface area contributed by atoms with Crippen LogP contribution in [0.2, 0.25) is 0 Å². The number of nitrogens with one attached hydrogen (secondary N) is 2. The third-order valence-corrected chi connectivity index (χ3v) is 8.00. The molecule has 3 atom stereocenters. The van der Waals surface area contributed by atoms with Gasteiger partial charge in [-0.25, -0.2) is 8.42 Å². The van der Waals surface area contributed by atoms with Crippen LogP contribution < -0.4 is 10.6 Å². The Morgan fingerprint density at radius 1 is 1.21 bits per heavy atom. The molecule has 3 fully saturated rings. The molecule has 0 aromatic heterocycles. The van der Waals surface area contributed by atoms with Crippen LogP contribution in [0, 0.1) is 0 Å². The lowest BCUT2D eigenvalue weighted by atomic mass is 9.96. The molecule has 0 amide bonds. The maximum absolute atomic E-state index is 13.1. The minimum Gasteiger partial charge on any atom is -0.373 e. The summed E-state index contributed by atoms with van der Waals surface area (Å²) in [5, 5.41) is 6.73. The highest BCUT2D eigenvalue weighted by Crippen LogP contribution is 2.34. The van der Waals surface area contributed by atoms with Gasteiger partial charge in [0.05, 0.1) is 23.1 Å². The fourth-order valence-corrected chi connectivity index (χ4v) is 6.22. The van der Waals surface area contributed by atoms with E-state index in [2.05, 4.69) is 15.6 Å². The van der Waals surface area contributed by atoms with Crippen molar-refractivity contribution in [2.45, 2.75) is 68.2 Å². The number of hydrogen-bond donors (Lipinski definition) is 2. The number of guanidine groups is 1. The van der Waals surface area contributed by atoms with Gasteiger partial charge in [-0.05, 0) is 43.7 Å². The van der Waals surface area contributed by atoms with Gasteiger partial charge in [-0.3, -0.25) is 4.99 Å². The monoisotopic (exact) mass is 406 g/mol. The summed E-state index contributed by atoms with van der Waals surface area (Å²) in [7, 11) is -1.73. The molecule has 3 saturated heterocycles. The van der Waals surface area contributed by atoms with Crippen molar-refractivity contribution in [1.29, 1.82) is 0 Å². The van der Waals surface area contributed by atoms with E-state index in [-0.39, 0.29) is 12.1 Å². The molecule has 3 unspecified atom stereocenters. The van der Waals surface area contributed by atoms with E-state index in [0.717, 1.165) is 44.1 Å². The second kappa shape index (κ2) is 8.39. The zero-order chi connectivity index (χ0) is 19.6. The third-order valence-electron chi connectivity index (χ3n) is 6.00. The van der Waals surface area contributed by atoms with Crippen LogP contribution in [-0.2, 0) is 21.3 Å². The van der Waals surface area contributed by atoms with Crippen molar-refractivity contribution >= 4 is 16.0 Å². The van der Waals surface area contributed by atoms with Gasteiger partial charge in [-0.2, -0.15) is 4.31 Å². The fraction of sp³-hybridized carbons (Fsp3) is 0.650. The Labute approximate surface area is 167 Å². The van der Waals surface area contributed by atoms with Crippen LogP contribution in [-0.4, -0.2) is 57.1 Å². The minimum atomic E-state index is -3.46. The van der Waals surface area contributed by atoms with Crippen LogP contribution in [0.5, 0.6) is 0 Å². The molecule has 3 aliphatic rings. The van der Waals surface area contributed by atoms with E-state index in [1.807, 2.05) is 12.1 Å². The fourth-order valence-electron chi connectivity index (χ4n) is 4.48. The summed E-state index contributed by atoms with van der Waals surface area (Å²) in [5.74, 6) is 0.686. The summed E-state index contributed by atoms with van der Waals surface area (Å²) in [6.07, 6.45) is 6.84. The van der Waals surface area contributed by atoms with E-state index in [4.69, 9.17) is 4.74 Å². The van der Waals surface area contributed by atoms with Gasteiger partial charge < -0.3 is 15.4 Å². The van der Waals surface area contributed by atoms with Crippen LogP contribution in [0.15, 0.2) is 34.2 Å². The summed E-state index contributed by atoms with van der Waals surface area (Å²) in [4.78, 5) is 4.70. The van der Waals surface area contributed by atoms with Gasteiger partial charge in [0.2, 0.25) is 10.0 Å². The Hall–Kier alpha value is -1.64. The molecular formula is C20H30N4O3S. The average Bonchev–Trinajstić information content (AvgIpc) is 3.35. The number of aliphatic imine (C=N–C) groups is 1. The number of rotatable bonds is 5. The highest BCUT2D eigenvalue weighted by atomic mass is 32.2. The van der Waals surface area contributed by atoms with Crippen LogP contribution in [0.3, 0.4) is 0 Å². The predicted molar refractivity (Wildman–Crippen MR) is 109 cm³/mol. The summed E-state index contributed by atoms with van der Waals surface area (Å²) in [5.41, 5.74) is 0.764. The van der Waals surface area contributed by atoms with Crippen molar-refractivity contribution in [2.24, 2.45) is 4.99 Å². The van der Waals surface area contributed by atoms with E-state index in [1.54, 1.807) is 23.5 Å². The molecule has 4 rings (SSSR count). The first kappa shape index (κ1) is 19.7. The smallest absolute Gasteiger partial charge is 0.243 e. The molecule has 1 aromatic rings. The first-order valence-electron chi connectivity index (χ1n) is 10.3. The Bertz CT molecular complexity index is 820. The normalized spacial score (nSPS) is 28.5. The number of sulfonamides is 1. The summed E-state index contributed by atoms with van der Waals surface area (Å²) in [6.45, 7) is 1.62. The molecule has 3 aliphatic heterocycles. The second-order valence-corrected chi connectivity index (χ2v) is 9.77. The number of ether oxygens (including phenoxy) is 1. The molecule has 0 aliphatic carbocycles. The number of fused-ring (bicyclic) bond motifs is 2. The molecule has 2 bridgehead atoms. The average molecular weight is 407 g/mol. The van der Waals surface area contributed by atoms with Crippen LogP contribution >= 0.6 is 0 Å². The lowest BCUT2D eigenvalue weighted by molar-refractivity contribution is 0.0992. The van der Waals surface area contributed by atoms with Gasteiger partial charge >= 0.3 is 0 Å². The molecule has 2 N–H and O–H groups in total. The molecule has 0 saturated carbocycles. The SMILES string of the molecule is CN=C(NCc1ccccc1S(=O)(=O)N1CCCCC1)NC1CC2CCC1O2. The standard InChI is InChI=1S/C20H30N4O3S/c1-21-20(23-17-13-16-9-10-18(17)27-16)22-14-15-7-3-4-8-19(15)28(25,26)24-11-5-2-6-12-24/h3-4,7-8,16-18H,2,5-6,9-14H2,1H3,(H2,21,22,23). The Kier molecular flexibility index (Phi) is 5.89. The summed E-state index contributed by atoms with van der Waals surface area (Å²) < 4.78 is 33.8. The van der Waals surface area contributed by atoms with Gasteiger partial charge in [0.25, 0.3) is 0 Å². The molecule has 1 aromatic carbocycles. The number of piperidine rings is 1. The Morgan fingerprint density at radius 2 is 2.00 bits per heavy atom. The van der Waals surface area contributed by atoms with Crippen molar-refractivity contribution in [3.63, 3.8) is 0 Å². The van der Waals surface area contributed by atoms with Gasteiger partial charge in [-0.1, -0.05) is 24.6 Å². The highest BCUT2D eigenvalue weighted by molar-refractivity contribution is 7.89. The Balaban J connectivity index is 1.43. The molecular weight excluding hydrogens is 376 g/mol. The lowest BCUT2D eigenvalue weighted by Gasteiger charge is -2.27. The van der Waals surface area contributed by atoms with Gasteiger partial charge in [0.1, 0.15) is 0 Å². The maximum atomic E-state index is 13.1. The summed E-state index contributed by atoms with van der Waals surface area (Å²) in [6, 6.07) is 7.53. The van der Waals surface area contributed by atoms with Gasteiger partial charge in [-0.15, -0.1) is 0 Å². The largest absolute Gasteiger partial charge is 0.373 e. The first-order chi connectivity index (χ1) is 13.6. The molecule has 28 heavy (non-hydrogen) atoms. The van der Waals surface area contributed by atoms with Crippen molar-refractivity contribution in [3.8, 4) is 0 Å². The molecule has 0 radical (unpaired) electrons. The van der Waals surface area contributed by atoms with Gasteiger partial charge in [0, 0.05) is 26.7 Å².